The lowest BCUT2D eigenvalue weighted by molar-refractivity contribution is -0.137. The van der Waals surface area contributed by atoms with Crippen molar-refractivity contribution in [3.63, 3.8) is 0 Å². The predicted molar refractivity (Wildman–Crippen MR) is 40.7 cm³/mol. The molecular weight excluding hydrogens is 187 g/mol. The summed E-state index contributed by atoms with van der Waals surface area (Å²) in [5.74, 6) is 0.670. The zero-order valence-corrected chi connectivity index (χ0v) is 7.13. The average Bonchev–Trinajstić information content (AvgIpc) is 2.34. The fraction of sp³-hybridized carbons (Fsp3) is 0.857. The Morgan fingerprint density at radius 1 is 1.50 bits per heavy atom. The highest BCUT2D eigenvalue weighted by atomic mass is 32.2. The standard InChI is InChI=1S/C7H8F3NS/c8-7(9,10)4-6(5-11)2-1-3-12-6/h1-4H2. The Balaban J connectivity index is 2.64. The van der Waals surface area contributed by atoms with Crippen molar-refractivity contribution in [1.82, 2.24) is 0 Å². The number of thioether (sulfide) groups is 1. The van der Waals surface area contributed by atoms with Gasteiger partial charge in [-0.15, -0.1) is 11.8 Å². The molecule has 0 bridgehead atoms. The maximum absolute atomic E-state index is 12.0. The van der Waals surface area contributed by atoms with E-state index in [-0.39, 0.29) is 0 Å². The summed E-state index contributed by atoms with van der Waals surface area (Å²) in [6, 6.07) is 1.78. The second-order valence-corrected chi connectivity index (χ2v) is 4.33. The lowest BCUT2D eigenvalue weighted by atomic mass is 10.0. The highest BCUT2D eigenvalue weighted by molar-refractivity contribution is 8.01. The predicted octanol–water partition coefficient (Wildman–Crippen LogP) is 2.73. The molecule has 68 valence electrons. The van der Waals surface area contributed by atoms with E-state index in [1.807, 2.05) is 0 Å². The molecule has 1 saturated heterocycles. The van der Waals surface area contributed by atoms with Gasteiger partial charge in [-0.1, -0.05) is 0 Å². The first-order chi connectivity index (χ1) is 5.47. The summed E-state index contributed by atoms with van der Waals surface area (Å²) in [5, 5.41) is 8.61. The van der Waals surface area contributed by atoms with Crippen LogP contribution in [-0.4, -0.2) is 16.7 Å². The van der Waals surface area contributed by atoms with E-state index in [1.165, 1.54) is 0 Å². The normalized spacial score (nSPS) is 30.2. The Morgan fingerprint density at radius 2 is 2.17 bits per heavy atom. The van der Waals surface area contributed by atoms with E-state index in [4.69, 9.17) is 5.26 Å². The number of rotatable bonds is 1. The Hall–Kier alpha value is -0.370. The first-order valence-corrected chi connectivity index (χ1v) is 4.58. The fourth-order valence-electron chi connectivity index (χ4n) is 1.29. The largest absolute Gasteiger partial charge is 0.391 e. The van der Waals surface area contributed by atoms with E-state index >= 15 is 0 Å². The van der Waals surface area contributed by atoms with Crippen LogP contribution in [0.3, 0.4) is 0 Å². The third-order valence-corrected chi connectivity index (χ3v) is 3.28. The van der Waals surface area contributed by atoms with E-state index in [0.717, 1.165) is 11.8 Å². The van der Waals surface area contributed by atoms with E-state index in [1.54, 1.807) is 6.07 Å². The van der Waals surface area contributed by atoms with Crippen LogP contribution < -0.4 is 0 Å². The van der Waals surface area contributed by atoms with Gasteiger partial charge < -0.3 is 0 Å². The molecule has 0 aliphatic carbocycles. The summed E-state index contributed by atoms with van der Waals surface area (Å²) in [4.78, 5) is 0. The highest BCUT2D eigenvalue weighted by Gasteiger charge is 2.45. The maximum atomic E-state index is 12.0. The van der Waals surface area contributed by atoms with Gasteiger partial charge in [0.25, 0.3) is 0 Å². The van der Waals surface area contributed by atoms with Gasteiger partial charge in [-0.3, -0.25) is 0 Å². The van der Waals surface area contributed by atoms with Gasteiger partial charge in [0.15, 0.2) is 0 Å². The van der Waals surface area contributed by atoms with E-state index in [0.29, 0.717) is 18.6 Å². The molecule has 0 saturated carbocycles. The van der Waals surface area contributed by atoms with Gasteiger partial charge in [0, 0.05) is 0 Å². The third kappa shape index (κ3) is 2.31. The molecule has 1 nitrogen and oxygen atoms in total. The minimum Gasteiger partial charge on any atom is -0.197 e. The summed E-state index contributed by atoms with van der Waals surface area (Å²) in [6.07, 6.45) is -4.10. The van der Waals surface area contributed by atoms with Crippen LogP contribution in [0.15, 0.2) is 0 Å². The fourth-order valence-corrected chi connectivity index (χ4v) is 2.59. The van der Waals surface area contributed by atoms with Crippen molar-refractivity contribution in [1.29, 1.82) is 5.26 Å². The smallest absolute Gasteiger partial charge is 0.197 e. The summed E-state index contributed by atoms with van der Waals surface area (Å²) < 4.78 is 34.7. The third-order valence-electron chi connectivity index (χ3n) is 1.79. The molecule has 0 aromatic carbocycles. The van der Waals surface area contributed by atoms with Crippen molar-refractivity contribution < 1.29 is 13.2 Å². The average molecular weight is 195 g/mol. The number of hydrogen-bond acceptors (Lipinski definition) is 2. The second kappa shape index (κ2) is 3.17. The molecule has 1 aliphatic heterocycles. The van der Waals surface area contributed by atoms with Crippen LogP contribution in [0.1, 0.15) is 19.3 Å². The summed E-state index contributed by atoms with van der Waals surface area (Å²) in [5.41, 5.74) is 0. The highest BCUT2D eigenvalue weighted by Crippen LogP contribution is 2.44. The molecule has 0 spiro atoms. The quantitative estimate of drug-likeness (QED) is 0.642. The lowest BCUT2D eigenvalue weighted by Gasteiger charge is -2.20. The Labute approximate surface area is 72.9 Å². The molecule has 1 fully saturated rings. The molecule has 1 rings (SSSR count). The topological polar surface area (TPSA) is 23.8 Å². The zero-order chi connectivity index (χ0) is 9.24. The summed E-state index contributed by atoms with van der Waals surface area (Å²) >= 11 is 1.14. The van der Waals surface area contributed by atoms with Crippen molar-refractivity contribution >= 4 is 11.8 Å². The Bertz CT molecular complexity index is 200. The molecule has 5 heteroatoms. The van der Waals surface area contributed by atoms with Gasteiger partial charge in [0.2, 0.25) is 0 Å². The number of alkyl halides is 3. The van der Waals surface area contributed by atoms with Crippen LogP contribution >= 0.6 is 11.8 Å². The molecule has 0 amide bonds. The monoisotopic (exact) mass is 195 g/mol. The van der Waals surface area contributed by atoms with Gasteiger partial charge >= 0.3 is 6.18 Å². The first kappa shape index (κ1) is 9.72. The molecular formula is C7H8F3NS. The summed E-state index contributed by atoms with van der Waals surface area (Å²) in [7, 11) is 0. The maximum Gasteiger partial charge on any atom is 0.391 e. The van der Waals surface area contributed by atoms with Gasteiger partial charge in [0.1, 0.15) is 4.75 Å². The molecule has 12 heavy (non-hydrogen) atoms. The Morgan fingerprint density at radius 3 is 2.50 bits per heavy atom. The molecule has 1 heterocycles. The Kier molecular flexibility index (Phi) is 2.57. The van der Waals surface area contributed by atoms with Gasteiger partial charge in [-0.2, -0.15) is 18.4 Å². The van der Waals surface area contributed by atoms with E-state index < -0.39 is 17.3 Å². The number of hydrogen-bond donors (Lipinski definition) is 0. The van der Waals surface area contributed by atoms with Crippen LogP contribution in [0, 0.1) is 11.3 Å². The van der Waals surface area contributed by atoms with Crippen LogP contribution in [0.5, 0.6) is 0 Å². The molecule has 0 N–H and O–H groups in total. The molecule has 1 atom stereocenters. The van der Waals surface area contributed by atoms with Gasteiger partial charge in [-0.05, 0) is 18.6 Å². The van der Waals surface area contributed by atoms with Gasteiger partial charge in [-0.25, -0.2) is 0 Å². The molecule has 0 aromatic heterocycles. The minimum absolute atomic E-state index is 0.369. The molecule has 1 unspecified atom stereocenters. The number of nitrogens with zero attached hydrogens (tertiary/aromatic N) is 1. The van der Waals surface area contributed by atoms with Crippen molar-refractivity contribution in [2.24, 2.45) is 0 Å². The van der Waals surface area contributed by atoms with E-state index in [9.17, 15) is 13.2 Å². The second-order valence-electron chi connectivity index (χ2n) is 2.85. The van der Waals surface area contributed by atoms with Crippen molar-refractivity contribution in [2.45, 2.75) is 30.2 Å². The number of nitriles is 1. The molecule has 0 radical (unpaired) electrons. The minimum atomic E-state index is -4.22. The lowest BCUT2D eigenvalue weighted by Crippen LogP contribution is -2.27. The molecule has 1 aliphatic rings. The van der Waals surface area contributed by atoms with Gasteiger partial charge in [0.05, 0.1) is 12.5 Å². The van der Waals surface area contributed by atoms with E-state index in [2.05, 4.69) is 0 Å². The van der Waals surface area contributed by atoms with Crippen LogP contribution in [-0.2, 0) is 0 Å². The SMILES string of the molecule is N#CC1(CC(F)(F)F)CCCS1. The van der Waals surface area contributed by atoms with Crippen molar-refractivity contribution in [3.05, 3.63) is 0 Å². The number of halogens is 3. The summed E-state index contributed by atoms with van der Waals surface area (Å²) in [6.45, 7) is 0. The van der Waals surface area contributed by atoms with Crippen LogP contribution in [0.4, 0.5) is 13.2 Å². The zero-order valence-electron chi connectivity index (χ0n) is 6.32. The van der Waals surface area contributed by atoms with Crippen molar-refractivity contribution in [3.8, 4) is 6.07 Å². The van der Waals surface area contributed by atoms with Crippen LogP contribution in [0.2, 0.25) is 0 Å². The first-order valence-electron chi connectivity index (χ1n) is 3.59. The molecule has 0 aromatic rings. The van der Waals surface area contributed by atoms with Crippen molar-refractivity contribution in [2.75, 3.05) is 5.75 Å². The van der Waals surface area contributed by atoms with Crippen LogP contribution in [0.25, 0.3) is 0 Å².